The first-order valence-electron chi connectivity index (χ1n) is 6.47. The van der Waals surface area contributed by atoms with Crippen molar-refractivity contribution in [1.82, 2.24) is 4.90 Å². The highest BCUT2D eigenvalue weighted by atomic mass is 79.9. The molecule has 1 amide bonds. The molecule has 0 saturated carbocycles. The van der Waals surface area contributed by atoms with E-state index in [0.717, 1.165) is 23.1 Å². The molecule has 1 unspecified atom stereocenters. The van der Waals surface area contributed by atoms with Crippen molar-refractivity contribution in [3.63, 3.8) is 0 Å². The Morgan fingerprint density at radius 2 is 2.20 bits per heavy atom. The molecule has 1 aromatic rings. The van der Waals surface area contributed by atoms with Crippen molar-refractivity contribution in [2.24, 2.45) is 0 Å². The van der Waals surface area contributed by atoms with Crippen LogP contribution in [0.25, 0.3) is 0 Å². The first-order chi connectivity index (χ1) is 9.65. The fourth-order valence-corrected chi connectivity index (χ4v) is 2.84. The van der Waals surface area contributed by atoms with Crippen molar-refractivity contribution in [2.45, 2.75) is 25.1 Å². The van der Waals surface area contributed by atoms with Crippen LogP contribution in [-0.4, -0.2) is 47.4 Å². The SMILES string of the molecule is COc1ccc(C[C@@H](CCBr)N2C(=O)OCC2O)cc1. The van der Waals surface area contributed by atoms with Crippen LogP contribution in [0.2, 0.25) is 0 Å². The summed E-state index contributed by atoms with van der Waals surface area (Å²) in [6, 6.07) is 7.62. The molecule has 0 radical (unpaired) electrons. The van der Waals surface area contributed by atoms with Gasteiger partial charge in [-0.05, 0) is 30.5 Å². The van der Waals surface area contributed by atoms with Crippen LogP contribution in [0.3, 0.4) is 0 Å². The highest BCUT2D eigenvalue weighted by Gasteiger charge is 2.36. The normalized spacial score (nSPS) is 19.9. The van der Waals surface area contributed by atoms with Gasteiger partial charge in [0.25, 0.3) is 0 Å². The van der Waals surface area contributed by atoms with Crippen molar-refractivity contribution >= 4 is 22.0 Å². The lowest BCUT2D eigenvalue weighted by Gasteiger charge is -2.27. The van der Waals surface area contributed by atoms with Crippen molar-refractivity contribution in [3.05, 3.63) is 29.8 Å². The number of ether oxygens (including phenoxy) is 2. The Balaban J connectivity index is 2.10. The molecule has 0 aliphatic carbocycles. The number of cyclic esters (lactones) is 1. The second-order valence-corrected chi connectivity index (χ2v) is 5.44. The van der Waals surface area contributed by atoms with E-state index in [4.69, 9.17) is 9.47 Å². The average Bonchev–Trinajstić information content (AvgIpc) is 2.78. The molecule has 2 atom stereocenters. The number of hydrogen-bond donors (Lipinski definition) is 1. The van der Waals surface area contributed by atoms with Crippen molar-refractivity contribution in [3.8, 4) is 5.75 Å². The summed E-state index contributed by atoms with van der Waals surface area (Å²) in [7, 11) is 1.62. The van der Waals surface area contributed by atoms with Gasteiger partial charge < -0.3 is 14.6 Å². The van der Waals surface area contributed by atoms with Gasteiger partial charge in [-0.25, -0.2) is 4.79 Å². The van der Waals surface area contributed by atoms with Crippen LogP contribution in [0, 0.1) is 0 Å². The monoisotopic (exact) mass is 343 g/mol. The van der Waals surface area contributed by atoms with E-state index < -0.39 is 12.3 Å². The Morgan fingerprint density at radius 3 is 2.70 bits per heavy atom. The van der Waals surface area contributed by atoms with E-state index in [2.05, 4.69) is 15.9 Å². The number of aliphatic hydroxyl groups is 1. The van der Waals surface area contributed by atoms with Gasteiger partial charge in [0, 0.05) is 11.4 Å². The lowest BCUT2D eigenvalue weighted by atomic mass is 10.0. The first-order valence-corrected chi connectivity index (χ1v) is 7.60. The predicted octanol–water partition coefficient (Wildman–Crippen LogP) is 2.16. The van der Waals surface area contributed by atoms with Crippen LogP contribution in [0.15, 0.2) is 24.3 Å². The topological polar surface area (TPSA) is 59.0 Å². The molecule has 1 aromatic carbocycles. The summed E-state index contributed by atoms with van der Waals surface area (Å²) >= 11 is 3.39. The van der Waals surface area contributed by atoms with Crippen LogP contribution in [0.4, 0.5) is 4.79 Å². The Bertz CT molecular complexity index is 451. The molecule has 1 fully saturated rings. The number of alkyl halides is 1. The number of benzene rings is 1. The van der Waals surface area contributed by atoms with Gasteiger partial charge in [-0.2, -0.15) is 0 Å². The van der Waals surface area contributed by atoms with Gasteiger partial charge in [0.2, 0.25) is 0 Å². The summed E-state index contributed by atoms with van der Waals surface area (Å²) in [5.74, 6) is 0.798. The summed E-state index contributed by atoms with van der Waals surface area (Å²) < 4.78 is 10.0. The molecular weight excluding hydrogens is 326 g/mol. The zero-order chi connectivity index (χ0) is 14.5. The fraction of sp³-hybridized carbons (Fsp3) is 0.500. The highest BCUT2D eigenvalue weighted by molar-refractivity contribution is 9.09. The van der Waals surface area contributed by atoms with Crippen LogP contribution >= 0.6 is 15.9 Å². The number of rotatable bonds is 6. The standard InChI is InChI=1S/C14H18BrNO4/c1-19-12-4-2-10(3-5-12)8-11(6-7-15)16-13(17)9-20-14(16)18/h2-5,11,13,17H,6-9H2,1H3/t11-,13?/m1/s1. The van der Waals surface area contributed by atoms with Gasteiger partial charge >= 0.3 is 6.09 Å². The largest absolute Gasteiger partial charge is 0.497 e. The van der Waals surface area contributed by atoms with Gasteiger partial charge in [0.05, 0.1) is 7.11 Å². The zero-order valence-electron chi connectivity index (χ0n) is 11.3. The van der Waals surface area contributed by atoms with Crippen LogP contribution in [0.1, 0.15) is 12.0 Å². The maximum Gasteiger partial charge on any atom is 0.412 e. The number of carbonyl (C=O) groups excluding carboxylic acids is 1. The molecule has 0 bridgehead atoms. The average molecular weight is 344 g/mol. The fourth-order valence-electron chi connectivity index (χ4n) is 2.31. The molecule has 2 rings (SSSR count). The minimum atomic E-state index is -0.857. The Labute approximate surface area is 126 Å². The highest BCUT2D eigenvalue weighted by Crippen LogP contribution is 2.22. The van der Waals surface area contributed by atoms with Gasteiger partial charge in [0.1, 0.15) is 12.4 Å². The van der Waals surface area contributed by atoms with E-state index in [1.807, 2.05) is 24.3 Å². The van der Waals surface area contributed by atoms with Crippen LogP contribution in [-0.2, 0) is 11.2 Å². The quantitative estimate of drug-likeness (QED) is 0.804. The van der Waals surface area contributed by atoms with Gasteiger partial charge in [-0.15, -0.1) is 0 Å². The van der Waals surface area contributed by atoms with Crippen LogP contribution in [0.5, 0.6) is 5.75 Å². The number of nitrogens with zero attached hydrogens (tertiary/aromatic N) is 1. The van der Waals surface area contributed by atoms with E-state index in [0.29, 0.717) is 6.42 Å². The third-order valence-corrected chi connectivity index (χ3v) is 3.81. The van der Waals surface area contributed by atoms with Crippen molar-refractivity contribution in [1.29, 1.82) is 0 Å². The first kappa shape index (κ1) is 15.1. The molecule has 1 aliphatic rings. The van der Waals surface area contributed by atoms with Gasteiger partial charge in [-0.3, -0.25) is 4.90 Å². The summed E-state index contributed by atoms with van der Waals surface area (Å²) in [4.78, 5) is 13.1. The van der Waals surface area contributed by atoms with Crippen molar-refractivity contribution in [2.75, 3.05) is 19.0 Å². The molecular formula is C14H18BrNO4. The number of hydrogen-bond acceptors (Lipinski definition) is 4. The minimum absolute atomic E-state index is 0.0419. The summed E-state index contributed by atoms with van der Waals surface area (Å²) in [6.45, 7) is 0.0419. The Kier molecular flexibility index (Phi) is 5.25. The van der Waals surface area contributed by atoms with E-state index in [1.165, 1.54) is 4.90 Å². The maximum absolute atomic E-state index is 11.7. The van der Waals surface area contributed by atoms with E-state index in [-0.39, 0.29) is 12.6 Å². The van der Waals surface area contributed by atoms with Crippen LogP contribution < -0.4 is 4.74 Å². The molecule has 1 saturated heterocycles. The smallest absolute Gasteiger partial charge is 0.412 e. The summed E-state index contributed by atoms with van der Waals surface area (Å²) in [6.07, 6.45) is 0.113. The molecule has 1 aliphatic heterocycles. The predicted molar refractivity (Wildman–Crippen MR) is 78.1 cm³/mol. The van der Waals surface area contributed by atoms with E-state index in [1.54, 1.807) is 7.11 Å². The number of halogens is 1. The number of carbonyl (C=O) groups is 1. The van der Waals surface area contributed by atoms with E-state index >= 15 is 0 Å². The lowest BCUT2D eigenvalue weighted by Crippen LogP contribution is -2.43. The maximum atomic E-state index is 11.7. The van der Waals surface area contributed by atoms with Gasteiger partial charge in [-0.1, -0.05) is 28.1 Å². The molecule has 6 heteroatoms. The molecule has 20 heavy (non-hydrogen) atoms. The van der Waals surface area contributed by atoms with Gasteiger partial charge in [0.15, 0.2) is 6.23 Å². The number of methoxy groups -OCH3 is 1. The molecule has 5 nitrogen and oxygen atoms in total. The number of aliphatic hydroxyl groups excluding tert-OH is 1. The molecule has 1 heterocycles. The zero-order valence-corrected chi connectivity index (χ0v) is 12.9. The molecule has 0 spiro atoms. The third kappa shape index (κ3) is 3.43. The van der Waals surface area contributed by atoms with Crippen molar-refractivity contribution < 1.29 is 19.4 Å². The Hall–Kier alpha value is -1.27. The molecule has 1 N–H and O–H groups in total. The van der Waals surface area contributed by atoms with E-state index in [9.17, 15) is 9.90 Å². The minimum Gasteiger partial charge on any atom is -0.497 e. The molecule has 0 aromatic heterocycles. The summed E-state index contributed by atoms with van der Waals surface area (Å²) in [5, 5.41) is 10.6. The number of amides is 1. The summed E-state index contributed by atoms with van der Waals surface area (Å²) in [5.41, 5.74) is 1.09. The Morgan fingerprint density at radius 1 is 1.50 bits per heavy atom. The molecule has 110 valence electrons. The third-order valence-electron chi connectivity index (χ3n) is 3.35. The second kappa shape index (κ2) is 6.95. The lowest BCUT2D eigenvalue weighted by molar-refractivity contribution is 0.0344. The second-order valence-electron chi connectivity index (χ2n) is 4.65.